The normalized spacial score (nSPS) is 12.5. The average molecular weight is 331 g/mol. The second-order valence-electron chi connectivity index (χ2n) is 5.92. The molecule has 1 unspecified atom stereocenters. The first-order valence-electron chi connectivity index (χ1n) is 7.21. The molecule has 118 valence electrons. The maximum Gasteiger partial charge on any atom is 0.222 e. The van der Waals surface area contributed by atoms with Crippen LogP contribution in [0.5, 0.6) is 0 Å². The number of benzene rings is 1. The molecule has 1 aromatic rings. The van der Waals surface area contributed by atoms with Gasteiger partial charge in [0.1, 0.15) is 0 Å². The van der Waals surface area contributed by atoms with Gasteiger partial charge < -0.3 is 10.6 Å². The van der Waals surface area contributed by atoms with Crippen molar-refractivity contribution < 1.29 is 4.79 Å². The summed E-state index contributed by atoms with van der Waals surface area (Å²) in [5.41, 5.74) is 6.65. The molecule has 0 spiro atoms. The summed E-state index contributed by atoms with van der Waals surface area (Å²) in [5.74, 6) is 0.875. The van der Waals surface area contributed by atoms with Gasteiger partial charge in [-0.3, -0.25) is 4.79 Å². The number of halogens is 2. The van der Waals surface area contributed by atoms with Crippen LogP contribution in [0.2, 0.25) is 10.0 Å². The Morgan fingerprint density at radius 2 is 2.00 bits per heavy atom. The van der Waals surface area contributed by atoms with E-state index in [4.69, 9.17) is 28.9 Å². The minimum absolute atomic E-state index is 0.0946. The van der Waals surface area contributed by atoms with Crippen molar-refractivity contribution in [3.05, 3.63) is 33.8 Å². The molecule has 5 heteroatoms. The zero-order chi connectivity index (χ0) is 16.0. The lowest BCUT2D eigenvalue weighted by Crippen LogP contribution is -2.30. The summed E-state index contributed by atoms with van der Waals surface area (Å²) in [6.45, 7) is 5.31. The summed E-state index contributed by atoms with van der Waals surface area (Å²) in [6, 6.07) is 5.32. The van der Waals surface area contributed by atoms with Crippen LogP contribution >= 0.6 is 23.2 Å². The molecule has 1 amide bonds. The third-order valence-corrected chi connectivity index (χ3v) is 4.04. The van der Waals surface area contributed by atoms with E-state index in [1.165, 1.54) is 0 Å². The molecular weight excluding hydrogens is 307 g/mol. The summed E-state index contributed by atoms with van der Waals surface area (Å²) in [5, 5.41) is 1.18. The molecule has 0 heterocycles. The molecule has 1 aromatic carbocycles. The molecule has 0 bridgehead atoms. The Hall–Kier alpha value is -0.770. The van der Waals surface area contributed by atoms with Crippen LogP contribution < -0.4 is 5.73 Å². The van der Waals surface area contributed by atoms with E-state index in [1.54, 1.807) is 24.1 Å². The highest BCUT2D eigenvalue weighted by Gasteiger charge is 2.17. The summed E-state index contributed by atoms with van der Waals surface area (Å²) >= 11 is 12.0. The molecule has 21 heavy (non-hydrogen) atoms. The average Bonchev–Trinajstić information content (AvgIpc) is 2.40. The zero-order valence-electron chi connectivity index (χ0n) is 12.9. The number of hydrogen-bond donors (Lipinski definition) is 1. The Morgan fingerprint density at radius 3 is 2.52 bits per heavy atom. The van der Waals surface area contributed by atoms with E-state index in [1.807, 2.05) is 6.07 Å². The van der Waals surface area contributed by atoms with Crippen LogP contribution in [0.4, 0.5) is 0 Å². The van der Waals surface area contributed by atoms with E-state index < -0.39 is 0 Å². The van der Waals surface area contributed by atoms with Gasteiger partial charge in [0.25, 0.3) is 0 Å². The van der Waals surface area contributed by atoms with Crippen LogP contribution in [0.3, 0.4) is 0 Å². The van der Waals surface area contributed by atoms with Gasteiger partial charge in [-0.15, -0.1) is 0 Å². The Labute approximate surface area is 137 Å². The lowest BCUT2D eigenvalue weighted by atomic mass is 9.94. The van der Waals surface area contributed by atoms with Gasteiger partial charge in [-0.2, -0.15) is 0 Å². The lowest BCUT2D eigenvalue weighted by Gasteiger charge is -2.22. The van der Waals surface area contributed by atoms with Gasteiger partial charge >= 0.3 is 0 Å². The minimum atomic E-state index is 0.0946. The third-order valence-electron chi connectivity index (χ3n) is 3.45. The molecule has 1 rings (SSSR count). The topological polar surface area (TPSA) is 46.3 Å². The van der Waals surface area contributed by atoms with Gasteiger partial charge in [-0.05, 0) is 42.5 Å². The van der Waals surface area contributed by atoms with Gasteiger partial charge in [0.05, 0.1) is 0 Å². The van der Waals surface area contributed by atoms with E-state index in [2.05, 4.69) is 13.8 Å². The molecule has 0 saturated heterocycles. The van der Waals surface area contributed by atoms with Gasteiger partial charge in [-0.1, -0.05) is 43.1 Å². The van der Waals surface area contributed by atoms with Crippen molar-refractivity contribution in [3.8, 4) is 0 Å². The van der Waals surface area contributed by atoms with E-state index in [0.29, 0.717) is 35.5 Å². The van der Waals surface area contributed by atoms with E-state index in [0.717, 1.165) is 12.0 Å². The standard InChI is InChI=1S/C16H24Cl2N2O/c1-11(2)6-12(9-19)7-16(21)20(3)10-13-4-5-14(17)8-15(13)18/h4-5,8,11-12H,6-7,9-10,19H2,1-3H3. The molecule has 0 fully saturated rings. The number of nitrogens with two attached hydrogens (primary N) is 1. The van der Waals surface area contributed by atoms with Gasteiger partial charge in [-0.25, -0.2) is 0 Å². The van der Waals surface area contributed by atoms with Crippen LogP contribution in [-0.4, -0.2) is 24.4 Å². The highest BCUT2D eigenvalue weighted by Crippen LogP contribution is 2.23. The second kappa shape index (κ2) is 8.62. The van der Waals surface area contributed by atoms with Crippen LogP contribution in [0, 0.1) is 11.8 Å². The number of nitrogens with zero attached hydrogens (tertiary/aromatic N) is 1. The highest BCUT2D eigenvalue weighted by atomic mass is 35.5. The summed E-state index contributed by atoms with van der Waals surface area (Å²) in [6.07, 6.45) is 1.45. The number of rotatable bonds is 7. The summed E-state index contributed by atoms with van der Waals surface area (Å²) in [4.78, 5) is 14.0. The Balaban J connectivity index is 2.61. The maximum atomic E-state index is 12.3. The number of hydrogen-bond acceptors (Lipinski definition) is 2. The number of carbonyl (C=O) groups is 1. The third kappa shape index (κ3) is 6.25. The highest BCUT2D eigenvalue weighted by molar-refractivity contribution is 6.35. The molecule has 0 saturated carbocycles. The molecule has 0 aliphatic carbocycles. The largest absolute Gasteiger partial charge is 0.341 e. The zero-order valence-corrected chi connectivity index (χ0v) is 14.4. The van der Waals surface area contributed by atoms with Gasteiger partial charge in [0.15, 0.2) is 0 Å². The first kappa shape index (κ1) is 18.3. The second-order valence-corrected chi connectivity index (χ2v) is 6.76. The molecule has 0 aromatic heterocycles. The van der Waals surface area contributed by atoms with E-state index in [9.17, 15) is 4.79 Å². The Bertz CT molecular complexity index is 477. The van der Waals surface area contributed by atoms with Crippen molar-refractivity contribution in [2.45, 2.75) is 33.2 Å². The van der Waals surface area contributed by atoms with Crippen molar-refractivity contribution in [2.24, 2.45) is 17.6 Å². The molecule has 0 aliphatic rings. The van der Waals surface area contributed by atoms with Crippen LogP contribution in [0.1, 0.15) is 32.3 Å². The van der Waals surface area contributed by atoms with Crippen molar-refractivity contribution in [1.29, 1.82) is 0 Å². The molecule has 0 aliphatic heterocycles. The number of amides is 1. The predicted octanol–water partition coefficient (Wildman–Crippen LogP) is 3.96. The fourth-order valence-electron chi connectivity index (χ4n) is 2.33. The number of carbonyl (C=O) groups excluding carboxylic acids is 1. The Kier molecular flexibility index (Phi) is 7.50. The maximum absolute atomic E-state index is 12.3. The van der Waals surface area contributed by atoms with E-state index >= 15 is 0 Å². The molecule has 2 N–H and O–H groups in total. The van der Waals surface area contributed by atoms with Crippen molar-refractivity contribution in [1.82, 2.24) is 4.90 Å². The monoisotopic (exact) mass is 330 g/mol. The first-order valence-corrected chi connectivity index (χ1v) is 7.97. The van der Waals surface area contributed by atoms with Crippen LogP contribution in [0.15, 0.2) is 18.2 Å². The predicted molar refractivity (Wildman–Crippen MR) is 89.6 cm³/mol. The van der Waals surface area contributed by atoms with Gasteiger partial charge in [0, 0.05) is 30.1 Å². The van der Waals surface area contributed by atoms with Crippen LogP contribution in [0.25, 0.3) is 0 Å². The minimum Gasteiger partial charge on any atom is -0.341 e. The smallest absolute Gasteiger partial charge is 0.222 e. The Morgan fingerprint density at radius 1 is 1.33 bits per heavy atom. The quantitative estimate of drug-likeness (QED) is 0.822. The summed E-state index contributed by atoms with van der Waals surface area (Å²) < 4.78 is 0. The molecule has 3 nitrogen and oxygen atoms in total. The fraction of sp³-hybridized carbons (Fsp3) is 0.562. The SMILES string of the molecule is CC(C)CC(CN)CC(=O)N(C)Cc1ccc(Cl)cc1Cl. The molecular formula is C16H24Cl2N2O. The van der Waals surface area contributed by atoms with E-state index in [-0.39, 0.29) is 11.8 Å². The first-order chi connectivity index (χ1) is 9.83. The van der Waals surface area contributed by atoms with Crippen molar-refractivity contribution >= 4 is 29.1 Å². The van der Waals surface area contributed by atoms with Gasteiger partial charge in [0.2, 0.25) is 5.91 Å². The van der Waals surface area contributed by atoms with Crippen LogP contribution in [-0.2, 0) is 11.3 Å². The molecule has 1 atom stereocenters. The van der Waals surface area contributed by atoms with Crippen molar-refractivity contribution in [2.75, 3.05) is 13.6 Å². The fourth-order valence-corrected chi connectivity index (χ4v) is 2.79. The lowest BCUT2D eigenvalue weighted by molar-refractivity contribution is -0.131. The summed E-state index contributed by atoms with van der Waals surface area (Å²) in [7, 11) is 1.79. The molecule has 0 radical (unpaired) electrons. The van der Waals surface area contributed by atoms with Crippen molar-refractivity contribution in [3.63, 3.8) is 0 Å².